The first kappa shape index (κ1) is 36.1. The van der Waals surface area contributed by atoms with Crippen LogP contribution in [0.2, 0.25) is 5.15 Å². The van der Waals surface area contributed by atoms with Crippen LogP contribution in [0.4, 0.5) is 28.7 Å². The largest absolute Gasteiger partial charge is 0.397 e. The van der Waals surface area contributed by atoms with E-state index in [0.717, 1.165) is 30.8 Å². The van der Waals surface area contributed by atoms with Gasteiger partial charge in [0.15, 0.2) is 16.8 Å². The van der Waals surface area contributed by atoms with Crippen LogP contribution in [0.3, 0.4) is 0 Å². The minimum absolute atomic E-state index is 0.0886. The van der Waals surface area contributed by atoms with Crippen LogP contribution in [0.25, 0.3) is 17.1 Å². The molecule has 53 heavy (non-hydrogen) atoms. The van der Waals surface area contributed by atoms with Gasteiger partial charge in [-0.05, 0) is 6.07 Å². The monoisotopic (exact) mass is 747 g/mol. The highest BCUT2D eigenvalue weighted by Crippen LogP contribution is 2.26. The number of anilines is 3. The molecule has 6 aromatic heterocycles. The van der Waals surface area contributed by atoms with Gasteiger partial charge in [-0.15, -0.1) is 14.4 Å². The van der Waals surface area contributed by atoms with Crippen molar-refractivity contribution in [1.29, 1.82) is 0 Å². The summed E-state index contributed by atoms with van der Waals surface area (Å²) in [7, 11) is 0. The maximum atomic E-state index is 10.9. The summed E-state index contributed by atoms with van der Waals surface area (Å²) in [5, 5.41) is 45.4. The van der Waals surface area contributed by atoms with Gasteiger partial charge in [0.2, 0.25) is 0 Å². The molecule has 6 aromatic rings. The Morgan fingerprint density at radius 3 is 1.42 bits per heavy atom. The van der Waals surface area contributed by atoms with E-state index in [1.54, 1.807) is 18.6 Å². The fraction of sp³-hybridized carbons (Fsp3) is 0.276. The van der Waals surface area contributed by atoms with Crippen molar-refractivity contribution >= 4 is 40.3 Å². The molecule has 0 atom stereocenters. The van der Waals surface area contributed by atoms with Gasteiger partial charge in [0.05, 0.1) is 85.3 Å². The maximum Gasteiger partial charge on any atom is 0.289 e. The van der Waals surface area contributed by atoms with Crippen LogP contribution in [0.5, 0.6) is 0 Å². The first-order valence-electron chi connectivity index (χ1n) is 15.7. The van der Waals surface area contributed by atoms with Gasteiger partial charge >= 0.3 is 0 Å². The lowest BCUT2D eigenvalue weighted by molar-refractivity contribution is -0.385. The first-order chi connectivity index (χ1) is 25.8. The number of ether oxygens (including phenoxy) is 2. The molecule has 2 saturated heterocycles. The molecule has 2 N–H and O–H groups in total. The highest BCUT2D eigenvalue weighted by atomic mass is 35.5. The van der Waals surface area contributed by atoms with Gasteiger partial charge in [0.1, 0.15) is 29.5 Å². The minimum atomic E-state index is -0.559. The number of pyridine rings is 3. The Kier molecular flexibility index (Phi) is 11.6. The molecule has 0 radical (unpaired) electrons. The van der Waals surface area contributed by atoms with Crippen molar-refractivity contribution in [3.8, 4) is 17.1 Å². The van der Waals surface area contributed by atoms with Crippen molar-refractivity contribution in [2.24, 2.45) is 0 Å². The average Bonchev–Trinajstić information content (AvgIpc) is 4.01. The lowest BCUT2D eigenvalue weighted by Crippen LogP contribution is -2.37. The highest BCUT2D eigenvalue weighted by molar-refractivity contribution is 6.31. The molecular formula is C29H30ClN17O6. The molecule has 2 fully saturated rings. The van der Waals surface area contributed by atoms with Crippen molar-refractivity contribution in [1.82, 2.24) is 59.9 Å². The minimum Gasteiger partial charge on any atom is -0.397 e. The topological polar surface area (TPSA) is 268 Å². The standard InChI is InChI=1S/C11H12N6O3.C11H14N6O.C7H4ClN5O2/c18-17(19)9-7-10(16-13-1-2-14-16)11(12-8-9)15-3-5-20-6-4-15;12-9-7-10(17-14-1-2-15-17)11(13-8-9)16-3-5-18-6-4-16;8-7-6(12-10-1-2-11-12)3-5(4-9-7)13(14)15/h1-2,7-8H,3-6H2;1-2,7-8H,3-6,12H2;1-4H. The zero-order valence-corrected chi connectivity index (χ0v) is 28.4. The van der Waals surface area contributed by atoms with Crippen molar-refractivity contribution in [3.63, 3.8) is 0 Å². The second-order valence-corrected chi connectivity index (χ2v) is 11.2. The van der Waals surface area contributed by atoms with Crippen molar-refractivity contribution in [2.45, 2.75) is 0 Å². The van der Waals surface area contributed by atoms with E-state index in [4.69, 9.17) is 26.8 Å². The molecule has 0 aromatic carbocycles. The number of hydrogen-bond acceptors (Lipinski definition) is 18. The molecule has 8 heterocycles. The van der Waals surface area contributed by atoms with Crippen LogP contribution in [-0.4, -0.2) is 122 Å². The SMILES string of the molecule is Nc1cnc(N2CCOCC2)c(-n2nccn2)c1.O=[N+]([O-])c1cnc(Cl)c(-n2nccn2)c1.O=[N+]([O-])c1cnc(N2CCOCC2)c(-n2nccn2)c1. The van der Waals surface area contributed by atoms with Gasteiger partial charge in [-0.25, -0.2) is 15.0 Å². The Labute approximate surface area is 303 Å². The van der Waals surface area contributed by atoms with Gasteiger partial charge in [-0.2, -0.15) is 30.6 Å². The second-order valence-electron chi connectivity index (χ2n) is 10.8. The molecule has 2 aliphatic heterocycles. The Balaban J connectivity index is 0.000000137. The summed E-state index contributed by atoms with van der Waals surface area (Å²) in [6, 6.07) is 4.52. The quantitative estimate of drug-likeness (QED) is 0.138. The predicted molar refractivity (Wildman–Crippen MR) is 186 cm³/mol. The fourth-order valence-electron chi connectivity index (χ4n) is 5.01. The van der Waals surface area contributed by atoms with Crippen LogP contribution in [0.15, 0.2) is 74.0 Å². The van der Waals surface area contributed by atoms with E-state index in [1.165, 1.54) is 57.5 Å². The van der Waals surface area contributed by atoms with E-state index in [9.17, 15) is 20.2 Å². The first-order valence-corrected chi connectivity index (χ1v) is 16.1. The Hall–Kier alpha value is -6.72. The summed E-state index contributed by atoms with van der Waals surface area (Å²) in [5.74, 6) is 1.46. The number of hydrogen-bond donors (Lipinski definition) is 1. The Morgan fingerprint density at radius 2 is 0.962 bits per heavy atom. The van der Waals surface area contributed by atoms with Crippen molar-refractivity contribution in [3.05, 3.63) is 99.4 Å². The van der Waals surface area contributed by atoms with E-state index in [2.05, 4.69) is 50.4 Å². The number of halogens is 1. The van der Waals surface area contributed by atoms with Crippen molar-refractivity contribution < 1.29 is 19.3 Å². The highest BCUT2D eigenvalue weighted by Gasteiger charge is 2.22. The summed E-state index contributed by atoms with van der Waals surface area (Å²) in [6.45, 7) is 5.60. The average molecular weight is 748 g/mol. The number of nitro groups is 2. The molecule has 2 aliphatic rings. The predicted octanol–water partition coefficient (Wildman–Crippen LogP) is 1.71. The summed E-state index contributed by atoms with van der Waals surface area (Å²) in [5.41, 5.74) is 7.70. The molecule has 8 rings (SSSR count). The molecule has 274 valence electrons. The van der Waals surface area contributed by atoms with Crippen molar-refractivity contribution in [2.75, 3.05) is 68.1 Å². The third-order valence-corrected chi connectivity index (χ3v) is 7.74. The van der Waals surface area contributed by atoms with Gasteiger partial charge in [0.25, 0.3) is 11.4 Å². The molecular weight excluding hydrogens is 718 g/mol. The summed E-state index contributed by atoms with van der Waals surface area (Å²) in [6.07, 6.45) is 13.2. The Morgan fingerprint density at radius 1 is 0.585 bits per heavy atom. The molecule has 23 nitrogen and oxygen atoms in total. The third kappa shape index (κ3) is 8.96. The fourth-order valence-corrected chi connectivity index (χ4v) is 5.19. The van der Waals surface area contributed by atoms with Crippen LogP contribution in [0, 0.1) is 20.2 Å². The molecule has 0 aliphatic carbocycles. The van der Waals surface area contributed by atoms with Crippen LogP contribution >= 0.6 is 11.6 Å². The number of morpholine rings is 2. The zero-order valence-electron chi connectivity index (χ0n) is 27.6. The lowest BCUT2D eigenvalue weighted by atomic mass is 10.3. The van der Waals surface area contributed by atoms with Gasteiger partial charge in [-0.3, -0.25) is 20.2 Å². The maximum absolute atomic E-state index is 10.9. The lowest BCUT2D eigenvalue weighted by Gasteiger charge is -2.29. The summed E-state index contributed by atoms with van der Waals surface area (Å²) in [4.78, 5) is 40.8. The normalized spacial score (nSPS) is 14.1. The number of nitrogens with two attached hydrogens (primary N) is 1. The van der Waals surface area contributed by atoms with E-state index in [1.807, 2.05) is 11.0 Å². The second kappa shape index (κ2) is 17.0. The molecule has 0 saturated carbocycles. The molecule has 0 spiro atoms. The van der Waals surface area contributed by atoms with E-state index >= 15 is 0 Å². The van der Waals surface area contributed by atoms with Gasteiger partial charge in [-0.1, -0.05) is 11.6 Å². The molecule has 0 unspecified atom stereocenters. The third-order valence-electron chi connectivity index (χ3n) is 7.45. The van der Waals surface area contributed by atoms with E-state index in [-0.39, 0.29) is 22.2 Å². The Bertz CT molecular complexity index is 2110. The van der Waals surface area contributed by atoms with E-state index < -0.39 is 9.85 Å². The van der Waals surface area contributed by atoms with Crippen LogP contribution in [0.1, 0.15) is 0 Å². The number of nitrogens with zero attached hydrogens (tertiary/aromatic N) is 16. The number of aromatic nitrogens is 12. The summed E-state index contributed by atoms with van der Waals surface area (Å²) >= 11 is 5.76. The molecule has 24 heteroatoms. The number of rotatable bonds is 7. The van der Waals surface area contributed by atoms with Crippen LogP contribution in [-0.2, 0) is 9.47 Å². The number of nitrogen functional groups attached to an aromatic ring is 1. The van der Waals surface area contributed by atoms with Gasteiger partial charge < -0.3 is 25.0 Å². The molecule has 0 amide bonds. The zero-order chi connectivity index (χ0) is 37.2. The smallest absolute Gasteiger partial charge is 0.289 e. The van der Waals surface area contributed by atoms with Crippen LogP contribution < -0.4 is 15.5 Å². The van der Waals surface area contributed by atoms with Gasteiger partial charge in [0, 0.05) is 38.3 Å². The van der Waals surface area contributed by atoms with E-state index in [0.29, 0.717) is 56.7 Å². The summed E-state index contributed by atoms with van der Waals surface area (Å²) < 4.78 is 10.6. The molecule has 0 bridgehead atoms.